The third-order valence-corrected chi connectivity index (χ3v) is 2.10. The molecule has 0 heterocycles. The summed E-state index contributed by atoms with van der Waals surface area (Å²) < 4.78 is 5.08. The van der Waals surface area contributed by atoms with Crippen molar-refractivity contribution in [3.63, 3.8) is 0 Å². The summed E-state index contributed by atoms with van der Waals surface area (Å²) in [5.41, 5.74) is 2.28. The Bertz CT molecular complexity index is 279. The molecule has 1 aromatic carbocycles. The first-order valence-corrected chi connectivity index (χ1v) is 4.49. The first-order valence-electron chi connectivity index (χ1n) is 4.49. The maximum atomic E-state index is 8.65. The standard InChI is InChI=1S/C11H16O2/c1-8(2)10-5-4-9(3)11(6-10)13-7-12/h4-6,8,12H,7H2,1-3H3. The van der Waals surface area contributed by atoms with Gasteiger partial charge in [0.2, 0.25) is 0 Å². The Hall–Kier alpha value is -1.02. The summed E-state index contributed by atoms with van der Waals surface area (Å²) in [5, 5.41) is 8.65. The SMILES string of the molecule is Cc1ccc(C(C)C)cc1OCO. The van der Waals surface area contributed by atoms with E-state index < -0.39 is 0 Å². The lowest BCUT2D eigenvalue weighted by atomic mass is 10.0. The van der Waals surface area contributed by atoms with E-state index in [-0.39, 0.29) is 6.79 Å². The van der Waals surface area contributed by atoms with Gasteiger partial charge in [-0.15, -0.1) is 0 Å². The van der Waals surface area contributed by atoms with Gasteiger partial charge in [0.25, 0.3) is 0 Å². The predicted molar refractivity (Wildman–Crippen MR) is 53.0 cm³/mol. The van der Waals surface area contributed by atoms with Crippen LogP contribution in [0.5, 0.6) is 5.75 Å². The van der Waals surface area contributed by atoms with Gasteiger partial charge in [0.1, 0.15) is 5.75 Å². The average Bonchev–Trinajstić information content (AvgIpc) is 2.08. The predicted octanol–water partition coefficient (Wildman–Crippen LogP) is 2.45. The van der Waals surface area contributed by atoms with Crippen molar-refractivity contribution in [1.29, 1.82) is 0 Å². The highest BCUT2D eigenvalue weighted by Gasteiger charge is 2.03. The normalized spacial score (nSPS) is 10.5. The number of hydrogen-bond acceptors (Lipinski definition) is 2. The largest absolute Gasteiger partial charge is 0.467 e. The topological polar surface area (TPSA) is 29.5 Å². The van der Waals surface area contributed by atoms with Crippen LogP contribution in [0, 0.1) is 6.92 Å². The minimum absolute atomic E-state index is 0.262. The van der Waals surface area contributed by atoms with E-state index >= 15 is 0 Å². The zero-order chi connectivity index (χ0) is 9.84. The third-order valence-electron chi connectivity index (χ3n) is 2.10. The highest BCUT2D eigenvalue weighted by Crippen LogP contribution is 2.23. The average molecular weight is 180 g/mol. The van der Waals surface area contributed by atoms with Crippen LogP contribution in [-0.2, 0) is 0 Å². The van der Waals surface area contributed by atoms with Crippen LogP contribution in [0.25, 0.3) is 0 Å². The maximum absolute atomic E-state index is 8.65. The molecule has 13 heavy (non-hydrogen) atoms. The molecule has 0 amide bonds. The van der Waals surface area contributed by atoms with Crippen LogP contribution in [0.4, 0.5) is 0 Å². The molecule has 0 aromatic heterocycles. The Morgan fingerprint density at radius 2 is 2.08 bits per heavy atom. The summed E-state index contributed by atoms with van der Waals surface area (Å²) in [7, 11) is 0. The summed E-state index contributed by atoms with van der Waals surface area (Å²) in [6.07, 6.45) is 0. The number of hydrogen-bond donors (Lipinski definition) is 1. The van der Waals surface area contributed by atoms with Crippen molar-refractivity contribution in [3.8, 4) is 5.75 Å². The molecule has 0 fully saturated rings. The van der Waals surface area contributed by atoms with Gasteiger partial charge in [-0.25, -0.2) is 0 Å². The lowest BCUT2D eigenvalue weighted by Crippen LogP contribution is -1.98. The van der Waals surface area contributed by atoms with Crippen molar-refractivity contribution < 1.29 is 9.84 Å². The van der Waals surface area contributed by atoms with Gasteiger partial charge in [-0.2, -0.15) is 0 Å². The highest BCUT2D eigenvalue weighted by molar-refractivity contribution is 5.37. The summed E-state index contributed by atoms with van der Waals surface area (Å²) in [6.45, 7) is 5.97. The molecule has 0 bridgehead atoms. The summed E-state index contributed by atoms with van der Waals surface area (Å²) >= 11 is 0. The minimum atomic E-state index is -0.262. The first kappa shape index (κ1) is 10.1. The van der Waals surface area contributed by atoms with Gasteiger partial charge < -0.3 is 9.84 Å². The monoisotopic (exact) mass is 180 g/mol. The van der Waals surface area contributed by atoms with Crippen LogP contribution >= 0.6 is 0 Å². The van der Waals surface area contributed by atoms with Crippen LogP contribution in [-0.4, -0.2) is 11.9 Å². The van der Waals surface area contributed by atoms with Gasteiger partial charge in [0, 0.05) is 0 Å². The number of rotatable bonds is 3. The van der Waals surface area contributed by atoms with Crippen LogP contribution in [0.2, 0.25) is 0 Å². The van der Waals surface area contributed by atoms with Crippen LogP contribution in [0.3, 0.4) is 0 Å². The van der Waals surface area contributed by atoms with Crippen molar-refractivity contribution in [3.05, 3.63) is 29.3 Å². The molecule has 0 saturated carbocycles. The molecule has 1 rings (SSSR count). The van der Waals surface area contributed by atoms with Gasteiger partial charge in [-0.05, 0) is 30.0 Å². The fraction of sp³-hybridized carbons (Fsp3) is 0.455. The van der Waals surface area contributed by atoms with Gasteiger partial charge in [-0.3, -0.25) is 0 Å². The molecule has 2 nitrogen and oxygen atoms in total. The zero-order valence-corrected chi connectivity index (χ0v) is 8.37. The minimum Gasteiger partial charge on any atom is -0.467 e. The second-order valence-corrected chi connectivity index (χ2v) is 3.45. The number of aliphatic hydroxyl groups is 1. The maximum Gasteiger partial charge on any atom is 0.186 e. The van der Waals surface area contributed by atoms with E-state index in [0.29, 0.717) is 5.92 Å². The first-order chi connectivity index (χ1) is 6.15. The number of benzene rings is 1. The molecule has 0 saturated heterocycles. The molecular weight excluding hydrogens is 164 g/mol. The van der Waals surface area contributed by atoms with Crippen molar-refractivity contribution in [2.24, 2.45) is 0 Å². The molecule has 0 unspecified atom stereocenters. The molecule has 1 N–H and O–H groups in total. The van der Waals surface area contributed by atoms with Gasteiger partial charge >= 0.3 is 0 Å². The van der Waals surface area contributed by atoms with E-state index in [9.17, 15) is 0 Å². The Kier molecular flexibility index (Phi) is 3.32. The van der Waals surface area contributed by atoms with E-state index in [4.69, 9.17) is 9.84 Å². The summed E-state index contributed by atoms with van der Waals surface area (Å²) in [5.74, 6) is 1.26. The quantitative estimate of drug-likeness (QED) is 0.724. The Labute approximate surface area is 79.2 Å². The zero-order valence-electron chi connectivity index (χ0n) is 8.37. The van der Waals surface area contributed by atoms with Crippen molar-refractivity contribution in [2.75, 3.05) is 6.79 Å². The number of aliphatic hydroxyl groups excluding tert-OH is 1. The smallest absolute Gasteiger partial charge is 0.186 e. The fourth-order valence-corrected chi connectivity index (χ4v) is 1.20. The molecule has 2 heteroatoms. The molecule has 0 atom stereocenters. The van der Waals surface area contributed by atoms with E-state index in [1.807, 2.05) is 19.1 Å². The van der Waals surface area contributed by atoms with Gasteiger partial charge in [-0.1, -0.05) is 26.0 Å². The highest BCUT2D eigenvalue weighted by atomic mass is 16.6. The number of aryl methyl sites for hydroxylation is 1. The molecule has 72 valence electrons. The summed E-state index contributed by atoms with van der Waals surface area (Å²) in [4.78, 5) is 0. The molecule has 0 aliphatic carbocycles. The van der Waals surface area contributed by atoms with Gasteiger partial charge in [0.05, 0.1) is 0 Å². The molecule has 0 radical (unpaired) electrons. The molecule has 0 aliphatic rings. The van der Waals surface area contributed by atoms with Crippen LogP contribution in [0.15, 0.2) is 18.2 Å². The Balaban J connectivity index is 2.97. The van der Waals surface area contributed by atoms with Crippen molar-refractivity contribution >= 4 is 0 Å². The molecular formula is C11H16O2. The van der Waals surface area contributed by atoms with Crippen LogP contribution in [0.1, 0.15) is 30.9 Å². The lowest BCUT2D eigenvalue weighted by molar-refractivity contribution is 0.0977. The second-order valence-electron chi connectivity index (χ2n) is 3.45. The molecule has 1 aromatic rings. The van der Waals surface area contributed by atoms with E-state index in [0.717, 1.165) is 11.3 Å². The Morgan fingerprint density at radius 3 is 2.62 bits per heavy atom. The Morgan fingerprint density at radius 1 is 1.38 bits per heavy atom. The fourth-order valence-electron chi connectivity index (χ4n) is 1.20. The van der Waals surface area contributed by atoms with E-state index in [2.05, 4.69) is 19.9 Å². The third kappa shape index (κ3) is 2.46. The molecule has 0 aliphatic heterocycles. The number of ether oxygens (including phenoxy) is 1. The molecule has 0 spiro atoms. The van der Waals surface area contributed by atoms with Crippen molar-refractivity contribution in [1.82, 2.24) is 0 Å². The summed E-state index contributed by atoms with van der Waals surface area (Å²) in [6, 6.07) is 6.08. The van der Waals surface area contributed by atoms with E-state index in [1.54, 1.807) is 0 Å². The van der Waals surface area contributed by atoms with Crippen molar-refractivity contribution in [2.45, 2.75) is 26.7 Å². The lowest BCUT2D eigenvalue weighted by Gasteiger charge is -2.10. The van der Waals surface area contributed by atoms with Gasteiger partial charge in [0.15, 0.2) is 6.79 Å². The second kappa shape index (κ2) is 4.28. The van der Waals surface area contributed by atoms with E-state index in [1.165, 1.54) is 5.56 Å². The van der Waals surface area contributed by atoms with Crippen LogP contribution < -0.4 is 4.74 Å².